The minimum absolute atomic E-state index is 0.244. The number of benzene rings is 2. The molecular formula is C24H21F5N6O3. The smallest absolute Gasteiger partial charge is 0.475 e. The van der Waals surface area contributed by atoms with Gasteiger partial charge in [0, 0.05) is 25.2 Å². The summed E-state index contributed by atoms with van der Waals surface area (Å²) in [5, 5.41) is 10.3. The van der Waals surface area contributed by atoms with E-state index in [-0.39, 0.29) is 18.2 Å². The second kappa shape index (κ2) is 11.4. The van der Waals surface area contributed by atoms with Gasteiger partial charge in [-0.15, -0.1) is 0 Å². The molecule has 1 aliphatic rings. The van der Waals surface area contributed by atoms with Crippen LogP contribution in [0.2, 0.25) is 0 Å². The third-order valence-corrected chi connectivity index (χ3v) is 5.41. The Hall–Kier alpha value is -4.33. The number of alkyl halides is 3. The molecule has 1 aliphatic heterocycles. The van der Waals surface area contributed by atoms with E-state index in [1.807, 2.05) is 4.90 Å². The fourth-order valence-electron chi connectivity index (χ4n) is 3.55. The van der Waals surface area contributed by atoms with Gasteiger partial charge in [-0.25, -0.2) is 18.6 Å². The standard InChI is InChI=1S/C22H20F2N6O.C2HF3O2/c23-16-5-3-6-17(12-16)30-14-26-19-20(25-13-15-4-1-2-7-18(15)24)27-22(28-21(19)30)29-8-10-31-11-9-29;3-2(4,5)1(6)7/h1-7,12,14H,8-11,13H2,(H,25,27,28);(H,6,7). The van der Waals surface area contributed by atoms with Crippen LogP contribution in [0.25, 0.3) is 16.9 Å². The van der Waals surface area contributed by atoms with E-state index in [0.29, 0.717) is 60.5 Å². The van der Waals surface area contributed by atoms with E-state index in [1.165, 1.54) is 18.2 Å². The van der Waals surface area contributed by atoms with Gasteiger partial charge in [-0.2, -0.15) is 23.1 Å². The van der Waals surface area contributed by atoms with Gasteiger partial charge in [-0.1, -0.05) is 24.3 Å². The number of fused-ring (bicyclic) bond motifs is 1. The van der Waals surface area contributed by atoms with Gasteiger partial charge in [0.1, 0.15) is 18.0 Å². The topological polar surface area (TPSA) is 105 Å². The Bertz CT molecular complexity index is 1420. The van der Waals surface area contributed by atoms with Crippen LogP contribution in [0.3, 0.4) is 0 Å². The average molecular weight is 536 g/mol. The molecule has 200 valence electrons. The molecule has 0 spiro atoms. The lowest BCUT2D eigenvalue weighted by molar-refractivity contribution is -0.192. The molecule has 3 heterocycles. The van der Waals surface area contributed by atoms with E-state index in [0.717, 1.165) is 0 Å². The SMILES string of the molecule is Fc1cccc(-n2cnc3c(NCc4ccccc4F)nc(N4CCOCC4)nc32)c1.O=C(O)C(F)(F)F. The van der Waals surface area contributed by atoms with Crippen LogP contribution >= 0.6 is 0 Å². The van der Waals surface area contributed by atoms with Crippen LogP contribution in [-0.4, -0.2) is 63.1 Å². The maximum absolute atomic E-state index is 14.1. The van der Waals surface area contributed by atoms with E-state index in [4.69, 9.17) is 19.6 Å². The van der Waals surface area contributed by atoms with E-state index in [1.54, 1.807) is 41.2 Å². The first-order valence-electron chi connectivity index (χ1n) is 11.2. The number of aliphatic carboxylic acids is 1. The van der Waals surface area contributed by atoms with Crippen molar-refractivity contribution in [2.45, 2.75) is 12.7 Å². The van der Waals surface area contributed by atoms with Crippen molar-refractivity contribution in [3.63, 3.8) is 0 Å². The van der Waals surface area contributed by atoms with Crippen molar-refractivity contribution in [1.82, 2.24) is 19.5 Å². The van der Waals surface area contributed by atoms with Crippen LogP contribution in [0, 0.1) is 11.6 Å². The summed E-state index contributed by atoms with van der Waals surface area (Å²) < 4.78 is 66.8. The van der Waals surface area contributed by atoms with Crippen molar-refractivity contribution in [2.75, 3.05) is 36.5 Å². The van der Waals surface area contributed by atoms with Crippen molar-refractivity contribution < 1.29 is 36.6 Å². The van der Waals surface area contributed by atoms with Gasteiger partial charge >= 0.3 is 12.1 Å². The highest BCUT2D eigenvalue weighted by atomic mass is 19.4. The molecule has 1 saturated heterocycles. The lowest BCUT2D eigenvalue weighted by atomic mass is 10.2. The number of carboxylic acid groups (broad SMARTS) is 1. The van der Waals surface area contributed by atoms with E-state index >= 15 is 0 Å². The Kier molecular flexibility index (Phi) is 8.00. The van der Waals surface area contributed by atoms with E-state index < -0.39 is 12.1 Å². The Labute approximate surface area is 212 Å². The average Bonchev–Trinajstić information content (AvgIpc) is 3.33. The molecular weight excluding hydrogens is 515 g/mol. The second-order valence-electron chi connectivity index (χ2n) is 7.99. The van der Waals surface area contributed by atoms with Crippen LogP contribution in [0.15, 0.2) is 54.9 Å². The van der Waals surface area contributed by atoms with Crippen molar-refractivity contribution >= 4 is 28.9 Å². The summed E-state index contributed by atoms with van der Waals surface area (Å²) in [5.74, 6) is -2.39. The molecule has 4 aromatic rings. The number of hydrogen-bond donors (Lipinski definition) is 2. The first kappa shape index (κ1) is 26.7. The molecule has 0 radical (unpaired) electrons. The zero-order valence-corrected chi connectivity index (χ0v) is 19.6. The van der Waals surface area contributed by atoms with Crippen LogP contribution in [0.1, 0.15) is 5.56 Å². The summed E-state index contributed by atoms with van der Waals surface area (Å²) in [7, 11) is 0. The molecule has 0 saturated carbocycles. The maximum atomic E-state index is 14.1. The zero-order chi connectivity index (χ0) is 27.3. The second-order valence-corrected chi connectivity index (χ2v) is 7.99. The molecule has 0 amide bonds. The van der Waals surface area contributed by atoms with Gasteiger partial charge in [0.2, 0.25) is 5.95 Å². The first-order valence-corrected chi connectivity index (χ1v) is 11.2. The molecule has 0 unspecified atom stereocenters. The number of anilines is 2. The fourth-order valence-corrected chi connectivity index (χ4v) is 3.55. The number of nitrogens with zero attached hydrogens (tertiary/aromatic N) is 5. The Balaban J connectivity index is 0.000000426. The summed E-state index contributed by atoms with van der Waals surface area (Å²) in [6.45, 7) is 2.73. The summed E-state index contributed by atoms with van der Waals surface area (Å²) in [4.78, 5) is 24.8. The van der Waals surface area contributed by atoms with Crippen molar-refractivity contribution in [3.8, 4) is 5.69 Å². The molecule has 38 heavy (non-hydrogen) atoms. The number of halogens is 5. The lowest BCUT2D eigenvalue weighted by Crippen LogP contribution is -2.37. The summed E-state index contributed by atoms with van der Waals surface area (Å²) in [6, 6.07) is 12.8. The molecule has 2 aromatic heterocycles. The number of carbonyl (C=O) groups is 1. The summed E-state index contributed by atoms with van der Waals surface area (Å²) >= 11 is 0. The molecule has 5 rings (SSSR count). The highest BCUT2D eigenvalue weighted by Gasteiger charge is 2.38. The van der Waals surface area contributed by atoms with Gasteiger partial charge in [-0.3, -0.25) is 4.57 Å². The minimum atomic E-state index is -5.08. The quantitative estimate of drug-likeness (QED) is 0.366. The lowest BCUT2D eigenvalue weighted by Gasteiger charge is -2.27. The third kappa shape index (κ3) is 6.32. The number of nitrogens with one attached hydrogen (secondary N) is 1. The number of aromatic nitrogens is 4. The number of imidazole rings is 1. The van der Waals surface area contributed by atoms with Gasteiger partial charge in [-0.05, 0) is 24.3 Å². The van der Waals surface area contributed by atoms with Crippen LogP contribution in [-0.2, 0) is 16.1 Å². The number of carboxylic acids is 1. The van der Waals surface area contributed by atoms with Gasteiger partial charge in [0.25, 0.3) is 0 Å². The molecule has 2 aromatic carbocycles. The summed E-state index contributed by atoms with van der Waals surface area (Å²) in [6.07, 6.45) is -3.49. The highest BCUT2D eigenvalue weighted by molar-refractivity contribution is 5.85. The highest BCUT2D eigenvalue weighted by Crippen LogP contribution is 2.26. The largest absolute Gasteiger partial charge is 0.490 e. The maximum Gasteiger partial charge on any atom is 0.490 e. The third-order valence-electron chi connectivity index (χ3n) is 5.41. The van der Waals surface area contributed by atoms with Crippen LogP contribution in [0.5, 0.6) is 0 Å². The van der Waals surface area contributed by atoms with E-state index in [9.17, 15) is 22.0 Å². The molecule has 2 N–H and O–H groups in total. The van der Waals surface area contributed by atoms with Crippen molar-refractivity contribution in [1.29, 1.82) is 0 Å². The molecule has 14 heteroatoms. The normalized spacial score (nSPS) is 13.7. The van der Waals surface area contributed by atoms with Gasteiger partial charge in [0.15, 0.2) is 17.0 Å². The number of ether oxygens (including phenoxy) is 1. The molecule has 0 bridgehead atoms. The number of hydrogen-bond acceptors (Lipinski definition) is 7. The predicted octanol–water partition coefficient (Wildman–Crippen LogP) is 4.18. The van der Waals surface area contributed by atoms with Crippen LogP contribution in [0.4, 0.5) is 33.7 Å². The van der Waals surface area contributed by atoms with E-state index in [2.05, 4.69) is 15.3 Å². The first-order chi connectivity index (χ1) is 18.1. The van der Waals surface area contributed by atoms with Crippen molar-refractivity contribution in [3.05, 3.63) is 72.1 Å². The summed E-state index contributed by atoms with van der Waals surface area (Å²) in [5.41, 5.74) is 2.19. The number of morpholine rings is 1. The Morgan fingerprint density at radius 3 is 2.42 bits per heavy atom. The predicted molar refractivity (Wildman–Crippen MR) is 127 cm³/mol. The monoisotopic (exact) mass is 536 g/mol. The Morgan fingerprint density at radius 1 is 1.05 bits per heavy atom. The van der Waals surface area contributed by atoms with Crippen molar-refractivity contribution in [2.24, 2.45) is 0 Å². The molecule has 9 nitrogen and oxygen atoms in total. The molecule has 0 aliphatic carbocycles. The number of rotatable bonds is 5. The molecule has 0 atom stereocenters. The van der Waals surface area contributed by atoms with Crippen LogP contribution < -0.4 is 10.2 Å². The fraction of sp³-hybridized carbons (Fsp3) is 0.250. The molecule has 1 fully saturated rings. The minimum Gasteiger partial charge on any atom is -0.475 e. The van der Waals surface area contributed by atoms with Gasteiger partial charge in [0.05, 0.1) is 18.9 Å². The zero-order valence-electron chi connectivity index (χ0n) is 19.6. The van der Waals surface area contributed by atoms with Gasteiger partial charge < -0.3 is 20.1 Å². The Morgan fingerprint density at radius 2 is 1.76 bits per heavy atom.